The highest BCUT2D eigenvalue weighted by atomic mass is 31.2. The number of ether oxygens (including phenoxy) is 2. The molecule has 0 radical (unpaired) electrons. The Bertz CT molecular complexity index is 1650. The molecule has 3 aliphatic heterocycles. The summed E-state index contributed by atoms with van der Waals surface area (Å²) in [5, 5.41) is 5.77. The smallest absolute Gasteiger partial charge is 0.416 e. The summed E-state index contributed by atoms with van der Waals surface area (Å²) in [6.45, 7) is 0.845. The lowest BCUT2D eigenvalue weighted by Gasteiger charge is -2.31. The van der Waals surface area contributed by atoms with Crippen molar-refractivity contribution in [1.82, 2.24) is 15.5 Å². The molecule has 54 heavy (non-hydrogen) atoms. The van der Waals surface area contributed by atoms with Gasteiger partial charge in [0.15, 0.2) is 0 Å². The van der Waals surface area contributed by atoms with E-state index in [2.05, 4.69) is 16.0 Å². The van der Waals surface area contributed by atoms with Crippen LogP contribution >= 0.6 is 7.60 Å². The lowest BCUT2D eigenvalue weighted by atomic mass is 10.0. The number of alkyl halides is 3. The SMILES string of the molecule is O=C(N[C@H]1CCCCC/C=C\C2CC2(P(=O)(O)O)NC(=O)[C@@H]2C[C@@H](OC(=O)Nc3cc(C(F)(F)F)ccc3N3CCCCC3)CN2C1=O)OC1CCCC1. The number of carbonyl (C=O) groups excluding carboxylic acids is 4. The van der Waals surface area contributed by atoms with E-state index in [9.17, 15) is 46.7 Å². The number of hydrogen-bond donors (Lipinski definition) is 5. The van der Waals surface area contributed by atoms with Crippen LogP contribution in [-0.4, -0.2) is 87.9 Å². The van der Waals surface area contributed by atoms with Gasteiger partial charge in [0, 0.05) is 25.4 Å². The largest absolute Gasteiger partial charge is 0.446 e. The van der Waals surface area contributed by atoms with Crippen molar-refractivity contribution < 1.29 is 56.2 Å². The van der Waals surface area contributed by atoms with Gasteiger partial charge in [-0.05, 0) is 88.8 Å². The molecule has 5 N–H and O–H groups in total. The summed E-state index contributed by atoms with van der Waals surface area (Å²) in [6.07, 6.45) is 3.86. The average Bonchev–Trinajstić information content (AvgIpc) is 3.38. The van der Waals surface area contributed by atoms with Crippen molar-refractivity contribution in [2.45, 2.75) is 126 Å². The summed E-state index contributed by atoms with van der Waals surface area (Å²) in [4.78, 5) is 78.2. The van der Waals surface area contributed by atoms with Gasteiger partial charge < -0.3 is 39.7 Å². The van der Waals surface area contributed by atoms with Gasteiger partial charge in [-0.15, -0.1) is 0 Å². The Morgan fingerprint density at radius 1 is 0.926 bits per heavy atom. The quantitative estimate of drug-likeness (QED) is 0.175. The molecule has 2 aliphatic carbocycles. The zero-order chi connectivity index (χ0) is 38.7. The molecule has 4 amide bonds. The van der Waals surface area contributed by atoms with Crippen LogP contribution in [0.1, 0.15) is 95.5 Å². The van der Waals surface area contributed by atoms with Crippen molar-refractivity contribution >= 4 is 43.0 Å². The van der Waals surface area contributed by atoms with Crippen LogP contribution in [0.5, 0.6) is 0 Å². The Kier molecular flexibility index (Phi) is 12.2. The van der Waals surface area contributed by atoms with Gasteiger partial charge in [-0.1, -0.05) is 25.0 Å². The van der Waals surface area contributed by atoms with Crippen LogP contribution in [0.4, 0.5) is 34.1 Å². The standard InChI is InChI=1S/C36H49F3N5O9P/c37-36(38,39)23-15-16-29(43-17-9-4-10-18-43)28(19-23)41-34(48)53-26-20-30-31(45)42-35(54(49,50)51)21-24(35)11-5-2-1-3-6-14-27(32(46)44(30)22-26)40-33(47)52-25-12-7-8-13-25/h5,11,15-16,19,24-27,30H,1-4,6-10,12-14,17-18,20-22H2,(H,40,47)(H,41,48)(H,42,45)(H2,49,50,51)/b11-5-/t24?,26-,27+,30+,35?/m1/s1. The van der Waals surface area contributed by atoms with E-state index in [1.165, 1.54) is 6.07 Å². The first-order valence-electron chi connectivity index (χ1n) is 18.9. The van der Waals surface area contributed by atoms with Crippen LogP contribution < -0.4 is 20.9 Å². The molecule has 3 heterocycles. The van der Waals surface area contributed by atoms with Gasteiger partial charge in [0.2, 0.25) is 11.8 Å². The van der Waals surface area contributed by atoms with Gasteiger partial charge in [-0.2, -0.15) is 13.2 Å². The second kappa shape index (κ2) is 16.5. The molecule has 6 rings (SSSR count). The first-order valence-corrected chi connectivity index (χ1v) is 20.5. The Morgan fingerprint density at radius 2 is 1.61 bits per heavy atom. The highest BCUT2D eigenvalue weighted by Gasteiger charge is 2.66. The van der Waals surface area contributed by atoms with Crippen molar-refractivity contribution in [3.05, 3.63) is 35.9 Å². The highest BCUT2D eigenvalue weighted by Crippen LogP contribution is 2.67. The topological polar surface area (TPSA) is 187 Å². The predicted octanol–water partition coefficient (Wildman–Crippen LogP) is 5.78. The van der Waals surface area contributed by atoms with Crippen molar-refractivity contribution in [1.29, 1.82) is 0 Å². The van der Waals surface area contributed by atoms with Crippen molar-refractivity contribution in [2.24, 2.45) is 5.92 Å². The van der Waals surface area contributed by atoms with Crippen molar-refractivity contribution in [2.75, 3.05) is 29.9 Å². The molecule has 18 heteroatoms. The number of carbonyl (C=O) groups is 4. The molecule has 2 saturated heterocycles. The zero-order valence-corrected chi connectivity index (χ0v) is 30.9. The number of fused-ring (bicyclic) bond motifs is 2. The van der Waals surface area contributed by atoms with E-state index in [0.717, 1.165) is 49.1 Å². The van der Waals surface area contributed by atoms with Crippen LogP contribution in [0.25, 0.3) is 0 Å². The third-order valence-corrected chi connectivity index (χ3v) is 12.8. The number of amides is 4. The van der Waals surface area contributed by atoms with Gasteiger partial charge in [-0.25, -0.2) is 9.59 Å². The molecule has 14 nitrogen and oxygen atoms in total. The van der Waals surface area contributed by atoms with Crippen LogP contribution in [0.2, 0.25) is 0 Å². The Labute approximate surface area is 311 Å². The Balaban J connectivity index is 1.24. The van der Waals surface area contributed by atoms with Gasteiger partial charge >= 0.3 is 26.0 Å². The number of nitrogens with one attached hydrogen (secondary N) is 3. The average molecular weight is 784 g/mol. The monoisotopic (exact) mass is 783 g/mol. The van der Waals surface area contributed by atoms with Crippen LogP contribution in [-0.2, 0) is 29.8 Å². The fourth-order valence-corrected chi connectivity index (χ4v) is 9.29. The molecule has 0 bridgehead atoms. The molecule has 5 aliphatic rings. The fraction of sp³-hybridized carbons (Fsp3) is 0.667. The highest BCUT2D eigenvalue weighted by molar-refractivity contribution is 7.54. The molecular formula is C36H49F3N5O9P. The lowest BCUT2D eigenvalue weighted by Crippen LogP contribution is -2.55. The van der Waals surface area contributed by atoms with E-state index in [1.54, 1.807) is 6.08 Å². The fourth-order valence-electron chi connectivity index (χ4n) is 8.08. The van der Waals surface area contributed by atoms with Gasteiger partial charge in [0.25, 0.3) is 0 Å². The normalized spacial score (nSPS) is 29.2. The molecule has 2 saturated carbocycles. The van der Waals surface area contributed by atoms with E-state index < -0.39 is 72.7 Å². The van der Waals surface area contributed by atoms with E-state index in [1.807, 2.05) is 11.0 Å². The van der Waals surface area contributed by atoms with Crippen molar-refractivity contribution in [3.8, 4) is 0 Å². The van der Waals surface area contributed by atoms with Gasteiger partial charge in [0.1, 0.15) is 29.6 Å². The summed E-state index contributed by atoms with van der Waals surface area (Å²) in [5.41, 5.74) is -0.688. The van der Waals surface area contributed by atoms with Gasteiger partial charge in [-0.3, -0.25) is 19.5 Å². The van der Waals surface area contributed by atoms with Crippen LogP contribution in [0, 0.1) is 5.92 Å². The molecule has 1 aromatic carbocycles. The summed E-state index contributed by atoms with van der Waals surface area (Å²) in [7, 11) is -4.90. The molecule has 5 atom stereocenters. The summed E-state index contributed by atoms with van der Waals surface area (Å²) < 4.78 is 65.1. The number of rotatable bonds is 6. The molecule has 2 unspecified atom stereocenters. The molecule has 298 valence electrons. The number of anilines is 2. The van der Waals surface area contributed by atoms with E-state index >= 15 is 0 Å². The maximum atomic E-state index is 14.3. The third-order valence-electron chi connectivity index (χ3n) is 11.1. The first kappa shape index (κ1) is 39.9. The molecule has 1 aromatic rings. The van der Waals surface area contributed by atoms with Gasteiger partial charge in [0.05, 0.1) is 23.5 Å². The Morgan fingerprint density at radius 3 is 2.31 bits per heavy atom. The zero-order valence-electron chi connectivity index (χ0n) is 30.0. The molecule has 0 aromatic heterocycles. The number of halogens is 3. The first-order chi connectivity index (χ1) is 25.6. The second-order valence-corrected chi connectivity index (χ2v) is 16.9. The van der Waals surface area contributed by atoms with Crippen molar-refractivity contribution in [3.63, 3.8) is 0 Å². The second-order valence-electron chi connectivity index (χ2n) is 15.0. The number of nitrogens with zero attached hydrogens (tertiary/aromatic N) is 2. The van der Waals surface area contributed by atoms with E-state index in [4.69, 9.17) is 9.47 Å². The van der Waals surface area contributed by atoms with Crippen LogP contribution in [0.3, 0.4) is 0 Å². The Hall–Kier alpha value is -3.82. The molecule has 0 spiro atoms. The minimum atomic E-state index is -4.90. The lowest BCUT2D eigenvalue weighted by molar-refractivity contribution is -0.140. The minimum Gasteiger partial charge on any atom is -0.446 e. The number of allylic oxidation sites excluding steroid dienone is 1. The summed E-state index contributed by atoms with van der Waals surface area (Å²) in [6, 6.07) is 0.613. The number of piperidine rings is 1. The third kappa shape index (κ3) is 9.34. The molecular weight excluding hydrogens is 734 g/mol. The predicted molar refractivity (Wildman–Crippen MR) is 190 cm³/mol. The number of benzene rings is 1. The maximum absolute atomic E-state index is 14.3. The molecule has 4 fully saturated rings. The summed E-state index contributed by atoms with van der Waals surface area (Å²) >= 11 is 0. The number of hydrogen-bond acceptors (Lipinski definition) is 8. The number of alkyl carbamates (subject to hydrolysis) is 1. The maximum Gasteiger partial charge on any atom is 0.416 e. The summed E-state index contributed by atoms with van der Waals surface area (Å²) in [5.74, 6) is -2.18. The van der Waals surface area contributed by atoms with E-state index in [0.29, 0.717) is 57.3 Å². The van der Waals surface area contributed by atoms with E-state index in [-0.39, 0.29) is 37.6 Å². The van der Waals surface area contributed by atoms with Crippen LogP contribution in [0.15, 0.2) is 30.4 Å². The minimum absolute atomic E-state index is 0.0178.